The highest BCUT2D eigenvalue weighted by molar-refractivity contribution is 5.61. The second-order valence-corrected chi connectivity index (χ2v) is 6.37. The summed E-state index contributed by atoms with van der Waals surface area (Å²) in [6.07, 6.45) is 5.05. The normalized spacial score (nSPS) is 23.5. The second kappa shape index (κ2) is 5.88. The van der Waals surface area contributed by atoms with Crippen molar-refractivity contribution >= 4 is 11.4 Å². The number of para-hydroxylation sites is 1. The fourth-order valence-electron chi connectivity index (χ4n) is 3.96. The van der Waals surface area contributed by atoms with E-state index in [4.69, 9.17) is 4.74 Å². The number of nitro benzene ring substituents is 1. The van der Waals surface area contributed by atoms with Gasteiger partial charge in [-0.05, 0) is 35.6 Å². The zero-order valence-corrected chi connectivity index (χ0v) is 13.6. The molecular formula is C19H17FN2O3. The summed E-state index contributed by atoms with van der Waals surface area (Å²) >= 11 is 0. The summed E-state index contributed by atoms with van der Waals surface area (Å²) < 4.78 is 19.4. The Bertz CT molecular complexity index is 881. The molecule has 1 aliphatic heterocycles. The molecule has 5 nitrogen and oxygen atoms in total. The standard InChI is InChI=1S/C19H17FN2O3/c1-25-17-9-8-11(10-16(17)22(23)24)18-13-5-2-4-12(13)14-6-3-7-15(20)19(14)21-18/h2-4,6-10,12-13,18,21H,5H2,1H3/t12-,13-,18-/m0/s1. The number of hydrogen-bond donors (Lipinski definition) is 1. The van der Waals surface area contributed by atoms with Gasteiger partial charge >= 0.3 is 5.69 Å². The van der Waals surface area contributed by atoms with Crippen LogP contribution in [0.3, 0.4) is 0 Å². The molecule has 2 aliphatic rings. The summed E-state index contributed by atoms with van der Waals surface area (Å²) in [5.41, 5.74) is 2.11. The van der Waals surface area contributed by atoms with Crippen LogP contribution in [-0.4, -0.2) is 12.0 Å². The largest absolute Gasteiger partial charge is 0.490 e. The second-order valence-electron chi connectivity index (χ2n) is 6.37. The van der Waals surface area contributed by atoms with Crippen molar-refractivity contribution in [3.63, 3.8) is 0 Å². The number of rotatable bonds is 3. The van der Waals surface area contributed by atoms with Crippen LogP contribution in [0.5, 0.6) is 5.75 Å². The van der Waals surface area contributed by atoms with Crippen LogP contribution in [-0.2, 0) is 0 Å². The molecule has 0 amide bonds. The van der Waals surface area contributed by atoms with E-state index in [-0.39, 0.29) is 35.1 Å². The summed E-state index contributed by atoms with van der Waals surface area (Å²) in [4.78, 5) is 10.9. The summed E-state index contributed by atoms with van der Waals surface area (Å²) in [5, 5.41) is 14.6. The first kappa shape index (κ1) is 15.6. The zero-order chi connectivity index (χ0) is 17.6. The van der Waals surface area contributed by atoms with Crippen molar-refractivity contribution < 1.29 is 14.1 Å². The highest BCUT2D eigenvalue weighted by Crippen LogP contribution is 2.50. The molecule has 6 heteroatoms. The Morgan fingerprint density at radius 1 is 1.32 bits per heavy atom. The Morgan fingerprint density at radius 2 is 2.16 bits per heavy atom. The number of halogens is 1. The number of nitrogens with one attached hydrogen (secondary N) is 1. The maximum absolute atomic E-state index is 14.3. The topological polar surface area (TPSA) is 64.4 Å². The Morgan fingerprint density at radius 3 is 2.92 bits per heavy atom. The van der Waals surface area contributed by atoms with Gasteiger partial charge in [0, 0.05) is 12.0 Å². The van der Waals surface area contributed by atoms with E-state index in [2.05, 4.69) is 17.5 Å². The monoisotopic (exact) mass is 340 g/mol. The van der Waals surface area contributed by atoms with Gasteiger partial charge in [0.05, 0.1) is 23.8 Å². The van der Waals surface area contributed by atoms with Gasteiger partial charge in [-0.2, -0.15) is 0 Å². The van der Waals surface area contributed by atoms with Crippen molar-refractivity contribution in [2.45, 2.75) is 18.4 Å². The quantitative estimate of drug-likeness (QED) is 0.505. The summed E-state index contributed by atoms with van der Waals surface area (Å²) in [6.45, 7) is 0. The number of nitro groups is 1. The van der Waals surface area contributed by atoms with E-state index >= 15 is 0 Å². The SMILES string of the molecule is COc1ccc([C@@H]2Nc3c(F)cccc3[C@H]3C=CC[C@@H]32)cc1[N+](=O)[O-]. The molecule has 0 bridgehead atoms. The molecule has 0 saturated heterocycles. The van der Waals surface area contributed by atoms with Gasteiger partial charge in [-0.3, -0.25) is 10.1 Å². The minimum absolute atomic E-state index is 0.0800. The first-order valence-electron chi connectivity index (χ1n) is 8.14. The molecular weight excluding hydrogens is 323 g/mol. The first-order chi connectivity index (χ1) is 12.1. The molecule has 1 aliphatic carbocycles. The third kappa shape index (κ3) is 2.45. The highest BCUT2D eigenvalue weighted by Gasteiger charge is 2.39. The predicted octanol–water partition coefficient (Wildman–Crippen LogP) is 4.57. The van der Waals surface area contributed by atoms with Gasteiger partial charge < -0.3 is 10.1 Å². The van der Waals surface area contributed by atoms with E-state index in [0.29, 0.717) is 5.69 Å². The van der Waals surface area contributed by atoms with Crippen molar-refractivity contribution in [1.82, 2.24) is 0 Å². The molecule has 2 aromatic carbocycles. The summed E-state index contributed by atoms with van der Waals surface area (Å²) in [6, 6.07) is 9.82. The van der Waals surface area contributed by atoms with Crippen LogP contribution in [0, 0.1) is 21.8 Å². The van der Waals surface area contributed by atoms with Gasteiger partial charge in [0.15, 0.2) is 5.75 Å². The molecule has 0 aromatic heterocycles. The maximum atomic E-state index is 14.3. The van der Waals surface area contributed by atoms with E-state index < -0.39 is 4.92 Å². The van der Waals surface area contributed by atoms with Crippen molar-refractivity contribution in [3.8, 4) is 5.75 Å². The maximum Gasteiger partial charge on any atom is 0.311 e. The van der Waals surface area contributed by atoms with Crippen LogP contribution >= 0.6 is 0 Å². The lowest BCUT2D eigenvalue weighted by molar-refractivity contribution is -0.385. The van der Waals surface area contributed by atoms with Crippen LogP contribution in [0.1, 0.15) is 29.5 Å². The first-order valence-corrected chi connectivity index (χ1v) is 8.14. The van der Waals surface area contributed by atoms with E-state index in [1.807, 2.05) is 12.1 Å². The Kier molecular flexibility index (Phi) is 3.67. The Labute approximate surface area is 144 Å². The number of nitrogens with zero attached hydrogens (tertiary/aromatic N) is 1. The van der Waals surface area contributed by atoms with Gasteiger partial charge in [-0.1, -0.05) is 30.4 Å². The Balaban J connectivity index is 1.80. The van der Waals surface area contributed by atoms with Crippen LogP contribution in [0.2, 0.25) is 0 Å². The predicted molar refractivity (Wildman–Crippen MR) is 92.4 cm³/mol. The molecule has 0 unspecified atom stereocenters. The molecule has 0 fully saturated rings. The summed E-state index contributed by atoms with van der Waals surface area (Å²) in [7, 11) is 1.41. The number of methoxy groups -OCH3 is 1. The van der Waals surface area contributed by atoms with Gasteiger partial charge in [0.2, 0.25) is 0 Å². The molecule has 128 valence electrons. The highest BCUT2D eigenvalue weighted by atomic mass is 19.1. The van der Waals surface area contributed by atoms with E-state index in [9.17, 15) is 14.5 Å². The number of hydrogen-bond acceptors (Lipinski definition) is 4. The van der Waals surface area contributed by atoms with Gasteiger partial charge in [0.1, 0.15) is 5.82 Å². The molecule has 4 rings (SSSR count). The van der Waals surface area contributed by atoms with Crippen LogP contribution in [0.25, 0.3) is 0 Å². The number of benzene rings is 2. The molecule has 1 N–H and O–H groups in total. The van der Waals surface area contributed by atoms with Gasteiger partial charge in [0.25, 0.3) is 0 Å². The van der Waals surface area contributed by atoms with Crippen LogP contribution in [0.15, 0.2) is 48.6 Å². The number of ether oxygens (including phenoxy) is 1. The molecule has 3 atom stereocenters. The minimum Gasteiger partial charge on any atom is -0.490 e. The molecule has 25 heavy (non-hydrogen) atoms. The lowest BCUT2D eigenvalue weighted by Crippen LogP contribution is -2.29. The van der Waals surface area contributed by atoms with Crippen molar-refractivity contribution in [3.05, 3.63) is 75.6 Å². The molecule has 0 saturated carbocycles. The summed E-state index contributed by atoms with van der Waals surface area (Å²) in [5.74, 6) is 0.224. The molecule has 1 heterocycles. The van der Waals surface area contributed by atoms with Crippen LogP contribution < -0.4 is 10.1 Å². The van der Waals surface area contributed by atoms with E-state index in [1.54, 1.807) is 12.1 Å². The third-order valence-electron chi connectivity index (χ3n) is 5.10. The van der Waals surface area contributed by atoms with Crippen LogP contribution in [0.4, 0.5) is 15.8 Å². The van der Waals surface area contributed by atoms with E-state index in [1.165, 1.54) is 19.2 Å². The van der Waals surface area contributed by atoms with Crippen molar-refractivity contribution in [2.24, 2.45) is 5.92 Å². The molecule has 0 spiro atoms. The van der Waals surface area contributed by atoms with Gasteiger partial charge in [-0.15, -0.1) is 0 Å². The fraction of sp³-hybridized carbons (Fsp3) is 0.263. The van der Waals surface area contributed by atoms with Crippen molar-refractivity contribution in [1.29, 1.82) is 0 Å². The lowest BCUT2D eigenvalue weighted by Gasteiger charge is -2.37. The average molecular weight is 340 g/mol. The minimum atomic E-state index is -0.454. The smallest absolute Gasteiger partial charge is 0.311 e. The van der Waals surface area contributed by atoms with Gasteiger partial charge in [-0.25, -0.2) is 4.39 Å². The number of allylic oxidation sites excluding steroid dienone is 2. The molecule has 2 aromatic rings. The Hall–Kier alpha value is -2.89. The van der Waals surface area contributed by atoms with E-state index in [0.717, 1.165) is 17.5 Å². The van der Waals surface area contributed by atoms with Crippen molar-refractivity contribution in [2.75, 3.05) is 12.4 Å². The number of anilines is 1. The average Bonchev–Trinajstić information content (AvgIpc) is 3.11. The zero-order valence-electron chi connectivity index (χ0n) is 13.6. The third-order valence-corrected chi connectivity index (χ3v) is 5.10. The number of fused-ring (bicyclic) bond motifs is 3. The lowest BCUT2D eigenvalue weighted by atomic mass is 9.77. The fourth-order valence-corrected chi connectivity index (χ4v) is 3.96. The molecule has 0 radical (unpaired) electrons.